The van der Waals surface area contributed by atoms with Crippen LogP contribution in [0, 0.1) is 11.3 Å². The largest absolute Gasteiger partial charge is 0.342 e. The van der Waals surface area contributed by atoms with Crippen molar-refractivity contribution in [2.24, 2.45) is 11.3 Å². The normalized spacial score (nSPS) is 34.6. The Kier molecular flexibility index (Phi) is 8.27. The van der Waals surface area contributed by atoms with E-state index in [0.717, 1.165) is 51.4 Å². The summed E-state index contributed by atoms with van der Waals surface area (Å²) in [5, 5.41) is 3.22. The van der Waals surface area contributed by atoms with Crippen LogP contribution in [0.1, 0.15) is 103 Å². The predicted octanol–water partition coefficient (Wildman–Crippen LogP) is 5.42. The zero-order chi connectivity index (χ0) is 23.5. The summed E-state index contributed by atoms with van der Waals surface area (Å²) in [6, 6.07) is 0.358. The second-order valence-electron chi connectivity index (χ2n) is 11.5. The van der Waals surface area contributed by atoms with Gasteiger partial charge in [0.25, 0.3) is 3.91 Å². The van der Waals surface area contributed by atoms with Gasteiger partial charge in [-0.15, -0.1) is 0 Å². The maximum atomic E-state index is 13.8. The van der Waals surface area contributed by atoms with Crippen LogP contribution in [0.2, 0.25) is 0 Å². The van der Waals surface area contributed by atoms with Crippen LogP contribution in [0.3, 0.4) is 0 Å². The average molecular weight is 572 g/mol. The zero-order valence-electron chi connectivity index (χ0n) is 20.4. The van der Waals surface area contributed by atoms with Gasteiger partial charge >= 0.3 is 0 Å². The van der Waals surface area contributed by atoms with Gasteiger partial charge in [0.15, 0.2) is 0 Å². The van der Waals surface area contributed by atoms with E-state index in [1.54, 1.807) is 0 Å². The second-order valence-corrected chi connectivity index (χ2v) is 12.5. The topological polar surface area (TPSA) is 69.7 Å². The molecule has 6 nitrogen and oxygen atoms in total. The molecular formula is C26H42IN3O3. The molecule has 3 amide bonds. The molecule has 0 spiro atoms. The highest BCUT2D eigenvalue weighted by atomic mass is 127. The van der Waals surface area contributed by atoms with E-state index in [1.165, 1.54) is 44.9 Å². The Morgan fingerprint density at radius 1 is 0.909 bits per heavy atom. The van der Waals surface area contributed by atoms with Gasteiger partial charge in [0.2, 0.25) is 11.8 Å². The first-order valence-electron chi connectivity index (χ1n) is 13.4. The summed E-state index contributed by atoms with van der Waals surface area (Å²) in [6.07, 6.45) is 16.4. The van der Waals surface area contributed by atoms with Crippen molar-refractivity contribution in [1.29, 1.82) is 0 Å². The molecule has 5 aliphatic rings. The highest BCUT2D eigenvalue weighted by molar-refractivity contribution is 14.1. The van der Waals surface area contributed by atoms with Crippen LogP contribution in [0.5, 0.6) is 0 Å². The molecule has 5 rings (SSSR count). The second kappa shape index (κ2) is 10.8. The lowest BCUT2D eigenvalue weighted by molar-refractivity contribution is -0.155. The first-order valence-corrected chi connectivity index (χ1v) is 14.5. The molecule has 1 heterocycles. The van der Waals surface area contributed by atoms with Crippen molar-refractivity contribution in [1.82, 2.24) is 15.1 Å². The molecule has 0 aromatic heterocycles. The van der Waals surface area contributed by atoms with Gasteiger partial charge < -0.3 is 15.1 Å². The van der Waals surface area contributed by atoms with Crippen molar-refractivity contribution >= 4 is 38.3 Å². The maximum absolute atomic E-state index is 13.8. The summed E-state index contributed by atoms with van der Waals surface area (Å²) < 4.78 is 0.00258. The molecule has 7 heteroatoms. The Labute approximate surface area is 213 Å². The van der Waals surface area contributed by atoms with Crippen molar-refractivity contribution in [3.63, 3.8) is 0 Å². The molecule has 1 saturated heterocycles. The van der Waals surface area contributed by atoms with Gasteiger partial charge in [0.05, 0.1) is 6.54 Å². The molecule has 4 saturated carbocycles. The van der Waals surface area contributed by atoms with Gasteiger partial charge in [0, 0.05) is 52.7 Å². The van der Waals surface area contributed by atoms with E-state index in [4.69, 9.17) is 0 Å². The maximum Gasteiger partial charge on any atom is 0.281 e. The highest BCUT2D eigenvalue weighted by Gasteiger charge is 2.53. The summed E-state index contributed by atoms with van der Waals surface area (Å²) in [6.45, 7) is 3.83. The van der Waals surface area contributed by atoms with Gasteiger partial charge in [-0.3, -0.25) is 14.4 Å². The number of fused-ring (bicyclic) bond motifs is 4. The number of hydrogen-bond donors (Lipinski definition) is 1. The number of halogens is 1. The third-order valence-electron chi connectivity index (χ3n) is 9.02. The molecule has 33 heavy (non-hydrogen) atoms. The van der Waals surface area contributed by atoms with Crippen LogP contribution in [-0.2, 0) is 9.59 Å². The standard InChI is InChI=1S/C26H42IN3O3/c1-20-17-25(11-13-26(18-20,14-12-25)28-24(27)33)23(32)29-15-16-30(22(31)19-29)21-9-7-5-3-2-4-6-8-10-21/h20-21H,2-19H2,1H3,(H,28,33). The smallest absolute Gasteiger partial charge is 0.281 e. The van der Waals surface area contributed by atoms with E-state index in [1.807, 2.05) is 27.5 Å². The molecule has 5 fully saturated rings. The van der Waals surface area contributed by atoms with Crippen molar-refractivity contribution in [2.75, 3.05) is 19.6 Å². The number of nitrogens with one attached hydrogen (secondary N) is 1. The summed E-state index contributed by atoms with van der Waals surface area (Å²) in [5.41, 5.74) is -0.503. The monoisotopic (exact) mass is 571 g/mol. The lowest BCUT2D eigenvalue weighted by Crippen LogP contribution is -2.59. The number of amides is 3. The Morgan fingerprint density at radius 2 is 1.52 bits per heavy atom. The minimum Gasteiger partial charge on any atom is -0.342 e. The van der Waals surface area contributed by atoms with Gasteiger partial charge in [-0.05, 0) is 57.3 Å². The van der Waals surface area contributed by atoms with Crippen molar-refractivity contribution < 1.29 is 14.4 Å². The van der Waals surface area contributed by atoms with Gasteiger partial charge in [-0.2, -0.15) is 0 Å². The molecule has 1 N–H and O–H groups in total. The summed E-state index contributed by atoms with van der Waals surface area (Å²) in [5.74, 6) is 0.740. The average Bonchev–Trinajstić information content (AvgIpc) is 3.01. The van der Waals surface area contributed by atoms with Gasteiger partial charge in [-0.1, -0.05) is 51.9 Å². The molecule has 1 unspecified atom stereocenters. The molecule has 0 aromatic carbocycles. The molecule has 4 aliphatic carbocycles. The van der Waals surface area contributed by atoms with Crippen molar-refractivity contribution in [2.45, 2.75) is 115 Å². The highest BCUT2D eigenvalue weighted by Crippen LogP contribution is 2.52. The Hall–Kier alpha value is -0.860. The quantitative estimate of drug-likeness (QED) is 0.279. The third kappa shape index (κ3) is 5.87. The third-order valence-corrected chi connectivity index (χ3v) is 9.29. The van der Waals surface area contributed by atoms with Gasteiger partial charge in [-0.25, -0.2) is 0 Å². The van der Waals surface area contributed by atoms with Gasteiger partial charge in [0.1, 0.15) is 0 Å². The van der Waals surface area contributed by atoms with Crippen LogP contribution in [0.25, 0.3) is 0 Å². The number of carbonyl (C=O) groups excluding carboxylic acids is 3. The molecular weight excluding hydrogens is 529 g/mol. The summed E-state index contributed by atoms with van der Waals surface area (Å²) in [4.78, 5) is 42.9. The zero-order valence-corrected chi connectivity index (χ0v) is 22.5. The van der Waals surface area contributed by atoms with Crippen LogP contribution in [0.4, 0.5) is 4.79 Å². The molecule has 0 radical (unpaired) electrons. The van der Waals surface area contributed by atoms with E-state index in [9.17, 15) is 14.4 Å². The summed E-state index contributed by atoms with van der Waals surface area (Å²) >= 11 is 1.83. The Morgan fingerprint density at radius 3 is 2.09 bits per heavy atom. The van der Waals surface area contributed by atoms with Crippen LogP contribution in [0.15, 0.2) is 0 Å². The van der Waals surface area contributed by atoms with E-state index in [2.05, 4.69) is 17.1 Å². The van der Waals surface area contributed by atoms with E-state index < -0.39 is 0 Å². The number of rotatable bonds is 3. The fraction of sp³-hybridized carbons (Fsp3) is 0.885. The first kappa shape index (κ1) is 25.2. The predicted molar refractivity (Wildman–Crippen MR) is 138 cm³/mol. The minimum atomic E-state index is -0.353. The molecule has 186 valence electrons. The van der Waals surface area contributed by atoms with E-state index in [0.29, 0.717) is 25.0 Å². The number of nitrogens with zero attached hydrogens (tertiary/aromatic N) is 2. The van der Waals surface area contributed by atoms with Crippen LogP contribution in [-0.4, -0.2) is 56.7 Å². The molecule has 2 bridgehead atoms. The first-order chi connectivity index (χ1) is 15.8. The molecule has 0 aromatic rings. The molecule has 1 aliphatic heterocycles. The van der Waals surface area contributed by atoms with Crippen LogP contribution < -0.4 is 5.32 Å². The lowest BCUT2D eigenvalue weighted by atomic mass is 9.68. The van der Waals surface area contributed by atoms with E-state index in [-0.39, 0.29) is 33.2 Å². The van der Waals surface area contributed by atoms with Crippen molar-refractivity contribution in [3.05, 3.63) is 0 Å². The number of carbonyl (C=O) groups is 3. The number of hydrogen-bond acceptors (Lipinski definition) is 3. The van der Waals surface area contributed by atoms with E-state index >= 15 is 0 Å². The summed E-state index contributed by atoms with van der Waals surface area (Å²) in [7, 11) is 0. The SMILES string of the molecule is CC1CC2(NC(=O)I)CCC(C(=O)N3CCN(C4CCCCCCCCC4)C(=O)C3)(CC2)C1. The number of piperazine rings is 1. The van der Waals surface area contributed by atoms with Crippen molar-refractivity contribution in [3.8, 4) is 0 Å². The van der Waals surface area contributed by atoms with Crippen LogP contribution >= 0.6 is 22.6 Å². The fourth-order valence-corrected chi connectivity index (χ4v) is 7.96. The Bertz CT molecular complexity index is 724. The Balaban J connectivity index is 1.39. The minimum absolute atomic E-state index is 0.00258. The fourth-order valence-electron chi connectivity index (χ4n) is 7.39. The molecule has 1 atom stereocenters. The lowest BCUT2D eigenvalue weighted by Gasteiger charge is -2.46.